The molecule has 0 saturated carbocycles. The van der Waals surface area contributed by atoms with Gasteiger partial charge in [-0.15, -0.1) is 0 Å². The Morgan fingerprint density at radius 3 is 2.94 bits per heavy atom. The average molecular weight is 238 g/mol. The van der Waals surface area contributed by atoms with Crippen LogP contribution in [-0.2, 0) is 4.65 Å². The van der Waals surface area contributed by atoms with E-state index >= 15 is 0 Å². The molecule has 1 aromatic carbocycles. The molecule has 0 fully saturated rings. The zero-order valence-corrected chi connectivity index (χ0v) is 9.12. The highest BCUT2D eigenvalue weighted by atomic mass is 16.6. The van der Waals surface area contributed by atoms with Crippen LogP contribution in [0.25, 0.3) is 0 Å². The predicted octanol–water partition coefficient (Wildman–Crippen LogP) is 0.0284. The molecule has 2 N–H and O–H groups in total. The van der Waals surface area contributed by atoms with E-state index in [4.69, 9.17) is 0 Å². The van der Waals surface area contributed by atoms with Crippen molar-refractivity contribution in [2.24, 2.45) is 0 Å². The Morgan fingerprint density at radius 2 is 2.35 bits per heavy atom. The zero-order valence-electron chi connectivity index (χ0n) is 9.12. The quantitative estimate of drug-likeness (QED) is 0.437. The predicted molar refractivity (Wildman–Crippen MR) is 60.9 cm³/mol. The van der Waals surface area contributed by atoms with E-state index in [1.165, 1.54) is 18.2 Å². The van der Waals surface area contributed by atoms with Crippen LogP contribution in [0.1, 0.15) is 6.92 Å². The van der Waals surface area contributed by atoms with Crippen LogP contribution in [0.3, 0.4) is 0 Å². The van der Waals surface area contributed by atoms with Crippen molar-refractivity contribution in [3.8, 4) is 0 Å². The lowest BCUT2D eigenvalue weighted by atomic mass is 9.79. The van der Waals surface area contributed by atoms with Gasteiger partial charge in [-0.05, 0) is 6.92 Å². The lowest BCUT2D eigenvalue weighted by Gasteiger charge is -2.08. The number of rotatable bonds is 4. The molecule has 0 aliphatic rings. The molecule has 0 spiro atoms. The van der Waals surface area contributed by atoms with Crippen LogP contribution in [0.4, 0.5) is 10.5 Å². The molecular weight excluding hydrogens is 227 g/mol. The van der Waals surface area contributed by atoms with Crippen molar-refractivity contribution < 1.29 is 19.4 Å². The third kappa shape index (κ3) is 3.76. The van der Waals surface area contributed by atoms with E-state index in [2.05, 4.69) is 9.97 Å². The maximum atomic E-state index is 11.0. The second-order valence-corrected chi connectivity index (χ2v) is 3.14. The Hall–Kier alpha value is -2.09. The van der Waals surface area contributed by atoms with Gasteiger partial charge in [-0.3, -0.25) is 10.1 Å². The molecule has 1 amide bonds. The minimum Gasteiger partial charge on any atom is -0.489 e. The fourth-order valence-electron chi connectivity index (χ4n) is 1.15. The number of carbonyl (C=O) groups is 1. The summed E-state index contributed by atoms with van der Waals surface area (Å²) in [5.41, 5.74) is -0.0356. The molecule has 0 atom stereocenters. The summed E-state index contributed by atoms with van der Waals surface area (Å²) in [5, 5.41) is 22.4. The number of benzene rings is 1. The Bertz CT molecular complexity index is 426. The zero-order chi connectivity index (χ0) is 12.8. The summed E-state index contributed by atoms with van der Waals surface area (Å²) in [6.07, 6.45) is -0.786. The molecule has 0 heterocycles. The first kappa shape index (κ1) is 13.0. The largest absolute Gasteiger partial charge is 0.563 e. The molecule has 0 aromatic heterocycles. The summed E-state index contributed by atoms with van der Waals surface area (Å²) in [6.45, 7) is 2.06. The molecule has 0 bridgehead atoms. The standard InChI is InChI=1S/C9H11BN2O5/c1-2-11-9(13)17-10(14)7-4-3-5-8(6-7)12(15)16/h3-6,14H,2H2,1H3,(H,11,13). The van der Waals surface area contributed by atoms with Crippen LogP contribution >= 0.6 is 0 Å². The molecule has 90 valence electrons. The summed E-state index contributed by atoms with van der Waals surface area (Å²) >= 11 is 0. The van der Waals surface area contributed by atoms with Crippen LogP contribution in [0.15, 0.2) is 24.3 Å². The lowest BCUT2D eigenvalue weighted by Crippen LogP contribution is -2.39. The van der Waals surface area contributed by atoms with Crippen molar-refractivity contribution in [3.05, 3.63) is 34.4 Å². The van der Waals surface area contributed by atoms with Gasteiger partial charge < -0.3 is 15.0 Å². The van der Waals surface area contributed by atoms with Crippen LogP contribution in [0, 0.1) is 10.1 Å². The normalized spacial score (nSPS) is 9.53. The minimum atomic E-state index is -1.53. The first-order valence-corrected chi connectivity index (χ1v) is 4.91. The highest BCUT2D eigenvalue weighted by molar-refractivity contribution is 6.61. The number of nitro benzene ring substituents is 1. The summed E-state index contributed by atoms with van der Waals surface area (Å²) in [7, 11) is -1.53. The second kappa shape index (κ2) is 5.85. The second-order valence-electron chi connectivity index (χ2n) is 3.14. The highest BCUT2D eigenvalue weighted by Gasteiger charge is 2.23. The molecule has 0 radical (unpaired) electrons. The van der Waals surface area contributed by atoms with Gasteiger partial charge in [0.25, 0.3) is 5.69 Å². The Labute approximate surface area is 97.7 Å². The van der Waals surface area contributed by atoms with Gasteiger partial charge in [-0.25, -0.2) is 4.79 Å². The average Bonchev–Trinajstić information content (AvgIpc) is 2.29. The van der Waals surface area contributed by atoms with E-state index in [9.17, 15) is 19.9 Å². The third-order valence-electron chi connectivity index (χ3n) is 1.91. The van der Waals surface area contributed by atoms with Gasteiger partial charge in [-0.1, -0.05) is 12.1 Å². The number of hydrogen-bond acceptors (Lipinski definition) is 5. The van der Waals surface area contributed by atoms with Gasteiger partial charge >= 0.3 is 13.2 Å². The topological polar surface area (TPSA) is 102 Å². The minimum absolute atomic E-state index is 0.144. The van der Waals surface area contributed by atoms with E-state index in [0.29, 0.717) is 6.54 Å². The molecule has 0 saturated heterocycles. The molecule has 7 nitrogen and oxygen atoms in total. The van der Waals surface area contributed by atoms with E-state index in [-0.39, 0.29) is 11.2 Å². The molecule has 1 aromatic rings. The fourth-order valence-corrected chi connectivity index (χ4v) is 1.15. The highest BCUT2D eigenvalue weighted by Crippen LogP contribution is 2.07. The molecule has 0 aliphatic heterocycles. The molecule has 1 rings (SSSR count). The van der Waals surface area contributed by atoms with Gasteiger partial charge in [0.1, 0.15) is 0 Å². The molecule has 8 heteroatoms. The van der Waals surface area contributed by atoms with Crippen molar-refractivity contribution in [1.82, 2.24) is 5.32 Å². The SMILES string of the molecule is CCNC(=O)OB(O)c1cccc([N+](=O)[O-])c1. The number of hydrogen-bond donors (Lipinski definition) is 2. The van der Waals surface area contributed by atoms with E-state index in [0.717, 1.165) is 6.07 Å². The van der Waals surface area contributed by atoms with Crippen molar-refractivity contribution in [3.63, 3.8) is 0 Å². The number of amides is 1. The summed E-state index contributed by atoms with van der Waals surface area (Å²) < 4.78 is 4.59. The fraction of sp³-hybridized carbons (Fsp3) is 0.222. The molecular formula is C9H11BN2O5. The van der Waals surface area contributed by atoms with Crippen LogP contribution in [0.5, 0.6) is 0 Å². The summed E-state index contributed by atoms with van der Waals surface area (Å²) in [4.78, 5) is 20.9. The van der Waals surface area contributed by atoms with Crippen molar-refractivity contribution in [2.45, 2.75) is 6.92 Å². The number of nitrogens with one attached hydrogen (secondary N) is 1. The summed E-state index contributed by atoms with van der Waals surface area (Å²) in [6, 6.07) is 5.25. The van der Waals surface area contributed by atoms with E-state index < -0.39 is 18.1 Å². The number of non-ortho nitro benzene ring substituents is 1. The van der Waals surface area contributed by atoms with Crippen molar-refractivity contribution in [1.29, 1.82) is 0 Å². The molecule has 0 aliphatic carbocycles. The van der Waals surface area contributed by atoms with Crippen LogP contribution in [0.2, 0.25) is 0 Å². The Balaban J connectivity index is 2.75. The lowest BCUT2D eigenvalue weighted by molar-refractivity contribution is -0.384. The Kier molecular flexibility index (Phi) is 4.47. The first-order chi connectivity index (χ1) is 8.04. The van der Waals surface area contributed by atoms with Crippen molar-refractivity contribution >= 4 is 24.4 Å². The summed E-state index contributed by atoms with van der Waals surface area (Å²) in [5.74, 6) is 0. The first-order valence-electron chi connectivity index (χ1n) is 4.91. The maximum Gasteiger partial charge on any atom is 0.563 e. The van der Waals surface area contributed by atoms with Gasteiger partial charge in [0, 0.05) is 24.1 Å². The van der Waals surface area contributed by atoms with Crippen LogP contribution < -0.4 is 10.8 Å². The maximum absolute atomic E-state index is 11.0. The van der Waals surface area contributed by atoms with Gasteiger partial charge in [0.2, 0.25) is 0 Å². The molecule has 0 unspecified atom stereocenters. The smallest absolute Gasteiger partial charge is 0.489 e. The molecule has 17 heavy (non-hydrogen) atoms. The Morgan fingerprint density at radius 1 is 1.65 bits per heavy atom. The van der Waals surface area contributed by atoms with Crippen molar-refractivity contribution in [2.75, 3.05) is 6.54 Å². The number of nitrogens with zero attached hydrogens (tertiary/aromatic N) is 1. The third-order valence-corrected chi connectivity index (χ3v) is 1.91. The van der Waals surface area contributed by atoms with Gasteiger partial charge in [-0.2, -0.15) is 0 Å². The number of nitro groups is 1. The van der Waals surface area contributed by atoms with E-state index in [1.54, 1.807) is 6.92 Å². The number of carbonyl (C=O) groups excluding carboxylic acids is 1. The van der Waals surface area contributed by atoms with E-state index in [1.807, 2.05) is 0 Å². The monoisotopic (exact) mass is 238 g/mol. The van der Waals surface area contributed by atoms with Gasteiger partial charge in [0.15, 0.2) is 0 Å². The van der Waals surface area contributed by atoms with Crippen LogP contribution in [-0.4, -0.2) is 29.7 Å². The van der Waals surface area contributed by atoms with Gasteiger partial charge in [0.05, 0.1) is 4.92 Å².